The number of nitrogens with zero attached hydrogens (tertiary/aromatic N) is 1. The predicted molar refractivity (Wildman–Crippen MR) is 73.8 cm³/mol. The first-order chi connectivity index (χ1) is 8.41. The molecule has 0 atom stereocenters. The van der Waals surface area contributed by atoms with Gasteiger partial charge in [-0.3, -0.25) is 5.10 Å². The minimum absolute atomic E-state index is 0.243. The Morgan fingerprint density at radius 3 is 2.39 bits per heavy atom. The SMILES string of the molecule is Cc1cc(C)c(-c2n[nH]c(=S)c(C)c2C)c(F)c1. The Morgan fingerprint density at radius 2 is 1.78 bits per heavy atom. The van der Waals surface area contributed by atoms with Crippen molar-refractivity contribution >= 4 is 12.2 Å². The van der Waals surface area contributed by atoms with Crippen molar-refractivity contribution in [2.45, 2.75) is 27.7 Å². The van der Waals surface area contributed by atoms with E-state index in [2.05, 4.69) is 10.2 Å². The number of hydrogen-bond acceptors (Lipinski definition) is 2. The van der Waals surface area contributed by atoms with Crippen LogP contribution in [0.1, 0.15) is 22.3 Å². The normalized spacial score (nSPS) is 10.7. The van der Waals surface area contributed by atoms with E-state index in [9.17, 15) is 4.39 Å². The lowest BCUT2D eigenvalue weighted by Crippen LogP contribution is -2.00. The zero-order chi connectivity index (χ0) is 13.4. The zero-order valence-electron chi connectivity index (χ0n) is 10.9. The Labute approximate surface area is 111 Å². The molecule has 2 aromatic rings. The van der Waals surface area contributed by atoms with Gasteiger partial charge in [0.2, 0.25) is 0 Å². The van der Waals surface area contributed by atoms with E-state index in [1.54, 1.807) is 0 Å². The van der Waals surface area contributed by atoms with Gasteiger partial charge in [-0.2, -0.15) is 5.10 Å². The van der Waals surface area contributed by atoms with Crippen molar-refractivity contribution in [1.29, 1.82) is 0 Å². The summed E-state index contributed by atoms with van der Waals surface area (Å²) in [7, 11) is 0. The Hall–Kier alpha value is -1.55. The van der Waals surface area contributed by atoms with E-state index in [1.807, 2.05) is 33.8 Å². The third-order valence-electron chi connectivity index (χ3n) is 3.20. The Kier molecular flexibility index (Phi) is 3.30. The van der Waals surface area contributed by atoms with Crippen LogP contribution in [0, 0.1) is 38.2 Å². The number of nitrogens with one attached hydrogen (secondary N) is 1. The van der Waals surface area contributed by atoms with E-state index >= 15 is 0 Å². The second kappa shape index (κ2) is 4.61. The molecule has 2 nitrogen and oxygen atoms in total. The third kappa shape index (κ3) is 2.08. The molecule has 0 saturated carbocycles. The molecule has 0 spiro atoms. The smallest absolute Gasteiger partial charge is 0.133 e. The fourth-order valence-corrected chi connectivity index (χ4v) is 2.28. The minimum Gasteiger partial charge on any atom is -0.267 e. The zero-order valence-corrected chi connectivity index (χ0v) is 11.7. The molecule has 0 amide bonds. The van der Waals surface area contributed by atoms with Crippen LogP contribution < -0.4 is 0 Å². The van der Waals surface area contributed by atoms with E-state index in [1.165, 1.54) is 6.07 Å². The van der Waals surface area contributed by atoms with Gasteiger partial charge in [0.25, 0.3) is 0 Å². The van der Waals surface area contributed by atoms with Crippen molar-refractivity contribution in [3.8, 4) is 11.3 Å². The average molecular weight is 262 g/mol. The van der Waals surface area contributed by atoms with E-state index in [0.717, 1.165) is 22.3 Å². The van der Waals surface area contributed by atoms with Crippen LogP contribution >= 0.6 is 12.2 Å². The monoisotopic (exact) mass is 262 g/mol. The van der Waals surface area contributed by atoms with Gasteiger partial charge in [0.15, 0.2) is 0 Å². The van der Waals surface area contributed by atoms with Crippen molar-refractivity contribution in [2.75, 3.05) is 0 Å². The highest BCUT2D eigenvalue weighted by atomic mass is 32.1. The minimum atomic E-state index is -0.243. The van der Waals surface area contributed by atoms with E-state index in [0.29, 0.717) is 15.9 Å². The van der Waals surface area contributed by atoms with Gasteiger partial charge in [-0.15, -0.1) is 0 Å². The van der Waals surface area contributed by atoms with Crippen LogP contribution in [-0.4, -0.2) is 10.2 Å². The van der Waals surface area contributed by atoms with Gasteiger partial charge in [-0.1, -0.05) is 18.3 Å². The van der Waals surface area contributed by atoms with Gasteiger partial charge in [0.05, 0.1) is 5.69 Å². The average Bonchev–Trinajstić information content (AvgIpc) is 2.28. The molecule has 0 unspecified atom stereocenters. The fraction of sp³-hybridized carbons (Fsp3) is 0.286. The quantitative estimate of drug-likeness (QED) is 0.781. The van der Waals surface area contributed by atoms with Crippen molar-refractivity contribution in [3.05, 3.63) is 44.8 Å². The Bertz CT molecular complexity index is 651. The molecule has 4 heteroatoms. The highest BCUT2D eigenvalue weighted by Crippen LogP contribution is 2.29. The molecule has 1 N–H and O–H groups in total. The van der Waals surface area contributed by atoms with Gasteiger partial charge in [0.1, 0.15) is 10.5 Å². The molecule has 94 valence electrons. The maximum atomic E-state index is 14.1. The first-order valence-electron chi connectivity index (χ1n) is 5.75. The summed E-state index contributed by atoms with van der Waals surface area (Å²) in [5, 5.41) is 6.97. The summed E-state index contributed by atoms with van der Waals surface area (Å²) >= 11 is 5.12. The van der Waals surface area contributed by atoms with E-state index in [-0.39, 0.29) is 5.82 Å². The van der Waals surface area contributed by atoms with Gasteiger partial charge in [0, 0.05) is 5.56 Å². The molecule has 0 fully saturated rings. The summed E-state index contributed by atoms with van der Waals surface area (Å²) in [5.74, 6) is -0.243. The lowest BCUT2D eigenvalue weighted by molar-refractivity contribution is 0.627. The molecule has 18 heavy (non-hydrogen) atoms. The number of aryl methyl sites for hydroxylation is 2. The number of aromatic amines is 1. The van der Waals surface area contributed by atoms with Crippen LogP contribution in [0.15, 0.2) is 12.1 Å². The van der Waals surface area contributed by atoms with E-state index in [4.69, 9.17) is 12.2 Å². The Morgan fingerprint density at radius 1 is 1.11 bits per heavy atom. The molecule has 1 aromatic heterocycles. The summed E-state index contributed by atoms with van der Waals surface area (Å²) in [4.78, 5) is 0. The summed E-state index contributed by atoms with van der Waals surface area (Å²) < 4.78 is 14.7. The van der Waals surface area contributed by atoms with Gasteiger partial charge in [-0.25, -0.2) is 4.39 Å². The van der Waals surface area contributed by atoms with Crippen molar-refractivity contribution < 1.29 is 4.39 Å². The van der Waals surface area contributed by atoms with Gasteiger partial charge >= 0.3 is 0 Å². The van der Waals surface area contributed by atoms with Crippen molar-refractivity contribution in [3.63, 3.8) is 0 Å². The molecule has 2 rings (SSSR count). The van der Waals surface area contributed by atoms with Crippen LogP contribution in [0.25, 0.3) is 11.3 Å². The van der Waals surface area contributed by atoms with Gasteiger partial charge in [-0.05, 0) is 56.0 Å². The molecule has 0 radical (unpaired) electrons. The third-order valence-corrected chi connectivity index (χ3v) is 3.59. The van der Waals surface area contributed by atoms with Gasteiger partial charge < -0.3 is 0 Å². The van der Waals surface area contributed by atoms with Crippen LogP contribution in [0.4, 0.5) is 4.39 Å². The molecule has 0 aliphatic carbocycles. The first-order valence-corrected chi connectivity index (χ1v) is 6.15. The topological polar surface area (TPSA) is 28.7 Å². The first kappa shape index (κ1) is 12.9. The van der Waals surface area contributed by atoms with E-state index < -0.39 is 0 Å². The number of aromatic nitrogens is 2. The lowest BCUT2D eigenvalue weighted by atomic mass is 9.98. The highest BCUT2D eigenvalue weighted by molar-refractivity contribution is 7.71. The molecule has 0 aliphatic heterocycles. The number of rotatable bonds is 1. The number of H-pyrrole nitrogens is 1. The van der Waals surface area contributed by atoms with Crippen LogP contribution in [-0.2, 0) is 0 Å². The second-order valence-electron chi connectivity index (χ2n) is 4.59. The number of hydrogen-bond donors (Lipinski definition) is 1. The van der Waals surface area contributed by atoms with Crippen LogP contribution in [0.3, 0.4) is 0 Å². The molecular formula is C14H15FN2S. The molecule has 1 aromatic carbocycles. The summed E-state index contributed by atoms with van der Waals surface area (Å²) in [6.07, 6.45) is 0. The van der Waals surface area contributed by atoms with Crippen molar-refractivity contribution in [1.82, 2.24) is 10.2 Å². The molecule has 1 heterocycles. The fourth-order valence-electron chi connectivity index (χ4n) is 2.08. The number of halogens is 1. The van der Waals surface area contributed by atoms with Crippen molar-refractivity contribution in [2.24, 2.45) is 0 Å². The summed E-state index contributed by atoms with van der Waals surface area (Å²) in [6, 6.07) is 3.48. The summed E-state index contributed by atoms with van der Waals surface area (Å²) in [6.45, 7) is 7.61. The molecule has 0 saturated heterocycles. The van der Waals surface area contributed by atoms with Crippen LogP contribution in [0.2, 0.25) is 0 Å². The lowest BCUT2D eigenvalue weighted by Gasteiger charge is -2.12. The predicted octanol–water partition coefficient (Wildman–Crippen LogP) is 4.18. The highest BCUT2D eigenvalue weighted by Gasteiger charge is 2.14. The molecule has 0 bridgehead atoms. The standard InChI is InChI=1S/C14H15FN2S/c1-7-5-8(2)12(11(15)6-7)13-9(3)10(4)14(18)17-16-13/h5-6H,1-4H3,(H,17,18). The largest absolute Gasteiger partial charge is 0.267 e. The summed E-state index contributed by atoms with van der Waals surface area (Å²) in [5.41, 5.74) is 4.84. The Balaban J connectivity index is 2.78. The maximum Gasteiger partial charge on any atom is 0.133 e. The molecule has 0 aliphatic rings. The molecular weight excluding hydrogens is 247 g/mol. The second-order valence-corrected chi connectivity index (χ2v) is 5.00. The van der Waals surface area contributed by atoms with Crippen LogP contribution in [0.5, 0.6) is 0 Å². The number of benzene rings is 1. The maximum absolute atomic E-state index is 14.1.